The van der Waals surface area contributed by atoms with Gasteiger partial charge in [0.05, 0.1) is 7.11 Å². The molecule has 0 radical (unpaired) electrons. The van der Waals surface area contributed by atoms with Crippen LogP contribution in [0.2, 0.25) is 0 Å². The molecule has 0 aliphatic carbocycles. The van der Waals surface area contributed by atoms with Crippen molar-refractivity contribution in [3.63, 3.8) is 0 Å². The van der Waals surface area contributed by atoms with Crippen LogP contribution < -0.4 is 10.1 Å². The van der Waals surface area contributed by atoms with Gasteiger partial charge in [0.1, 0.15) is 11.4 Å². The number of hydrogen-bond acceptors (Lipinski definition) is 5. The topological polar surface area (TPSA) is 58.9 Å². The summed E-state index contributed by atoms with van der Waals surface area (Å²) in [5.74, 6) is 0.790. The SMILES string of the molecule is COc1cccc(CN2CCCC(NC(=O)c3cn4ccsc4n3)C2)c1. The number of nitrogens with zero attached hydrogens (tertiary/aromatic N) is 3. The fraction of sp³-hybridized carbons (Fsp3) is 0.368. The molecule has 0 spiro atoms. The van der Waals surface area contributed by atoms with Gasteiger partial charge in [-0.2, -0.15) is 0 Å². The van der Waals surface area contributed by atoms with Crippen LogP contribution in [0.4, 0.5) is 0 Å². The molecule has 1 amide bonds. The second-order valence-electron chi connectivity index (χ2n) is 6.62. The highest BCUT2D eigenvalue weighted by atomic mass is 32.1. The first kappa shape index (κ1) is 17.1. The normalized spacial score (nSPS) is 18.1. The van der Waals surface area contributed by atoms with Crippen LogP contribution in [-0.2, 0) is 6.54 Å². The zero-order valence-electron chi connectivity index (χ0n) is 14.7. The number of piperidine rings is 1. The Bertz CT molecular complexity index is 875. The van der Waals surface area contributed by atoms with Crippen LogP contribution in [0, 0.1) is 0 Å². The van der Waals surface area contributed by atoms with Gasteiger partial charge < -0.3 is 10.1 Å². The van der Waals surface area contributed by atoms with Gasteiger partial charge in [0.15, 0.2) is 4.96 Å². The average molecular weight is 370 g/mol. The Kier molecular flexibility index (Phi) is 4.90. The van der Waals surface area contributed by atoms with E-state index in [1.807, 2.05) is 28.1 Å². The van der Waals surface area contributed by atoms with Gasteiger partial charge >= 0.3 is 0 Å². The number of ether oxygens (including phenoxy) is 1. The smallest absolute Gasteiger partial charge is 0.271 e. The standard InChI is InChI=1S/C19H22N4O2S/c1-25-16-6-2-4-14(10-16)11-22-7-3-5-15(12-22)20-18(24)17-13-23-8-9-26-19(23)21-17/h2,4,6,8-10,13,15H,3,5,7,11-12H2,1H3,(H,20,24). The molecule has 3 heterocycles. The van der Waals surface area contributed by atoms with Crippen molar-refractivity contribution in [2.45, 2.75) is 25.4 Å². The predicted molar refractivity (Wildman–Crippen MR) is 102 cm³/mol. The highest BCUT2D eigenvalue weighted by Gasteiger charge is 2.23. The van der Waals surface area contributed by atoms with Crippen LogP contribution in [0.25, 0.3) is 4.96 Å². The lowest BCUT2D eigenvalue weighted by Crippen LogP contribution is -2.47. The van der Waals surface area contributed by atoms with Crippen molar-refractivity contribution in [3.8, 4) is 5.75 Å². The quantitative estimate of drug-likeness (QED) is 0.750. The van der Waals surface area contributed by atoms with E-state index < -0.39 is 0 Å². The van der Waals surface area contributed by atoms with Crippen LogP contribution in [0.3, 0.4) is 0 Å². The summed E-state index contributed by atoms with van der Waals surface area (Å²) in [6.45, 7) is 2.76. The first-order valence-corrected chi connectivity index (χ1v) is 9.67. The number of amides is 1. The van der Waals surface area contributed by atoms with Crippen LogP contribution in [0.5, 0.6) is 5.75 Å². The summed E-state index contributed by atoms with van der Waals surface area (Å²) in [6.07, 6.45) is 5.79. The third-order valence-corrected chi connectivity index (χ3v) is 5.48. The monoisotopic (exact) mass is 370 g/mol. The average Bonchev–Trinajstić information content (AvgIpc) is 3.24. The number of likely N-dealkylation sites (tertiary alicyclic amines) is 1. The Morgan fingerprint density at radius 2 is 2.38 bits per heavy atom. The summed E-state index contributed by atoms with van der Waals surface area (Å²) in [7, 11) is 1.69. The molecule has 136 valence electrons. The van der Waals surface area contributed by atoms with E-state index in [0.717, 1.165) is 43.2 Å². The van der Waals surface area contributed by atoms with E-state index >= 15 is 0 Å². The molecule has 4 rings (SSSR count). The molecule has 1 N–H and O–H groups in total. The Labute approximate surface area is 156 Å². The summed E-state index contributed by atoms with van der Waals surface area (Å²) in [5, 5.41) is 5.11. The van der Waals surface area contributed by atoms with Gasteiger partial charge in [-0.25, -0.2) is 4.98 Å². The Balaban J connectivity index is 1.37. The van der Waals surface area contributed by atoms with Crippen molar-refractivity contribution < 1.29 is 9.53 Å². The Hall–Kier alpha value is -2.38. The van der Waals surface area contributed by atoms with Gasteiger partial charge in [0.25, 0.3) is 5.91 Å². The fourth-order valence-corrected chi connectivity index (χ4v) is 4.14. The molecule has 7 heteroatoms. The number of benzene rings is 1. The molecule has 1 saturated heterocycles. The Morgan fingerprint density at radius 3 is 3.23 bits per heavy atom. The van der Waals surface area contributed by atoms with Crippen molar-refractivity contribution in [1.29, 1.82) is 0 Å². The second kappa shape index (κ2) is 7.47. The highest BCUT2D eigenvalue weighted by molar-refractivity contribution is 7.15. The zero-order valence-corrected chi connectivity index (χ0v) is 15.5. The number of hydrogen-bond donors (Lipinski definition) is 1. The summed E-state index contributed by atoms with van der Waals surface area (Å²) >= 11 is 1.53. The van der Waals surface area contributed by atoms with Crippen molar-refractivity contribution >= 4 is 22.2 Å². The lowest BCUT2D eigenvalue weighted by atomic mass is 10.0. The van der Waals surface area contributed by atoms with Crippen molar-refractivity contribution in [1.82, 2.24) is 19.6 Å². The molecule has 0 saturated carbocycles. The maximum absolute atomic E-state index is 12.5. The summed E-state index contributed by atoms with van der Waals surface area (Å²) in [4.78, 5) is 20.1. The zero-order chi connectivity index (χ0) is 17.9. The first-order valence-electron chi connectivity index (χ1n) is 8.79. The summed E-state index contributed by atoms with van der Waals surface area (Å²) < 4.78 is 7.19. The maximum Gasteiger partial charge on any atom is 0.271 e. The van der Waals surface area contributed by atoms with E-state index in [4.69, 9.17) is 4.74 Å². The minimum Gasteiger partial charge on any atom is -0.497 e. The second-order valence-corrected chi connectivity index (χ2v) is 7.49. The molecule has 1 aliphatic heterocycles. The molecular weight excluding hydrogens is 348 g/mol. The van der Waals surface area contributed by atoms with Crippen LogP contribution >= 0.6 is 11.3 Å². The van der Waals surface area contributed by atoms with Crippen LogP contribution in [-0.4, -0.2) is 46.4 Å². The minimum absolute atomic E-state index is 0.0888. The van der Waals surface area contributed by atoms with E-state index in [0.29, 0.717) is 5.69 Å². The van der Waals surface area contributed by atoms with Gasteiger partial charge in [0.2, 0.25) is 0 Å². The molecule has 26 heavy (non-hydrogen) atoms. The van der Waals surface area contributed by atoms with Crippen molar-refractivity contribution in [2.24, 2.45) is 0 Å². The number of rotatable bonds is 5. The third-order valence-electron chi connectivity index (χ3n) is 4.71. The summed E-state index contributed by atoms with van der Waals surface area (Å²) in [5.41, 5.74) is 1.72. The third kappa shape index (κ3) is 3.73. The van der Waals surface area contributed by atoms with E-state index in [1.54, 1.807) is 13.3 Å². The molecule has 1 fully saturated rings. The summed E-state index contributed by atoms with van der Waals surface area (Å²) in [6, 6.07) is 8.31. The number of nitrogens with one attached hydrogen (secondary N) is 1. The van der Waals surface area contributed by atoms with Crippen LogP contribution in [0.15, 0.2) is 42.0 Å². The van der Waals surface area contributed by atoms with E-state index in [-0.39, 0.29) is 11.9 Å². The van der Waals surface area contributed by atoms with Gasteiger partial charge in [0, 0.05) is 36.9 Å². The largest absolute Gasteiger partial charge is 0.497 e. The Morgan fingerprint density at radius 1 is 1.46 bits per heavy atom. The molecule has 1 unspecified atom stereocenters. The lowest BCUT2D eigenvalue weighted by Gasteiger charge is -2.33. The molecule has 0 bridgehead atoms. The number of thiazole rings is 1. The molecule has 1 atom stereocenters. The van der Waals surface area contributed by atoms with Gasteiger partial charge in [-0.1, -0.05) is 12.1 Å². The number of fused-ring (bicyclic) bond motifs is 1. The van der Waals surface area contributed by atoms with Crippen LogP contribution in [0.1, 0.15) is 28.9 Å². The highest BCUT2D eigenvalue weighted by Crippen LogP contribution is 2.18. The van der Waals surface area contributed by atoms with E-state index in [2.05, 4.69) is 27.3 Å². The molecule has 2 aromatic heterocycles. The van der Waals surface area contributed by atoms with E-state index in [1.165, 1.54) is 16.9 Å². The molecule has 6 nitrogen and oxygen atoms in total. The fourth-order valence-electron chi connectivity index (χ4n) is 3.44. The minimum atomic E-state index is -0.0888. The van der Waals surface area contributed by atoms with E-state index in [9.17, 15) is 4.79 Å². The maximum atomic E-state index is 12.5. The van der Waals surface area contributed by atoms with Gasteiger partial charge in [-0.05, 0) is 37.1 Å². The lowest BCUT2D eigenvalue weighted by molar-refractivity contribution is 0.0896. The number of aromatic nitrogens is 2. The van der Waals surface area contributed by atoms with Crippen molar-refractivity contribution in [2.75, 3.05) is 20.2 Å². The molecule has 1 aromatic carbocycles. The molecular formula is C19H22N4O2S. The van der Waals surface area contributed by atoms with Gasteiger partial charge in [-0.15, -0.1) is 11.3 Å². The van der Waals surface area contributed by atoms with Gasteiger partial charge in [-0.3, -0.25) is 14.1 Å². The first-order chi connectivity index (χ1) is 12.7. The number of imidazole rings is 1. The molecule has 1 aliphatic rings. The number of methoxy groups -OCH3 is 1. The predicted octanol–water partition coefficient (Wildman–Crippen LogP) is 2.80. The van der Waals surface area contributed by atoms with Crippen molar-refractivity contribution in [3.05, 3.63) is 53.3 Å². The number of carbonyl (C=O) groups is 1. The molecule has 3 aromatic rings. The number of carbonyl (C=O) groups excluding carboxylic acids is 1.